The molecule has 78 valence electrons. The highest BCUT2D eigenvalue weighted by molar-refractivity contribution is 5.26. The fraction of sp³-hybridized carbons (Fsp3) is 0.385. The molecule has 0 saturated heterocycles. The predicted octanol–water partition coefficient (Wildman–Crippen LogP) is 3.36. The summed E-state index contributed by atoms with van der Waals surface area (Å²) in [6.45, 7) is 11.5. The fourth-order valence-corrected chi connectivity index (χ4v) is 1.18. The number of allylic oxidation sites excluding steroid dienone is 4. The molecule has 0 aromatic carbocycles. The van der Waals surface area contributed by atoms with Crippen molar-refractivity contribution >= 4 is 0 Å². The van der Waals surface area contributed by atoms with Gasteiger partial charge >= 0.3 is 0 Å². The normalized spacial score (nSPS) is 14.4. The second-order valence-electron chi connectivity index (χ2n) is 3.49. The van der Waals surface area contributed by atoms with E-state index in [0.717, 1.165) is 18.4 Å². The summed E-state index contributed by atoms with van der Waals surface area (Å²) in [6.07, 6.45) is 9.67. The average Bonchev–Trinajstić information content (AvgIpc) is 2.16. The molecule has 0 aliphatic carbocycles. The maximum atomic E-state index is 6.02. The molecule has 0 spiro atoms. The van der Waals surface area contributed by atoms with E-state index < -0.39 is 0 Å². The molecule has 0 bridgehead atoms. The van der Waals surface area contributed by atoms with Crippen molar-refractivity contribution in [3.63, 3.8) is 0 Å². The molecular weight excluding hydrogens is 170 g/mol. The molecule has 0 fully saturated rings. The van der Waals surface area contributed by atoms with E-state index in [0.29, 0.717) is 0 Å². The first kappa shape index (κ1) is 12.9. The van der Waals surface area contributed by atoms with Crippen LogP contribution in [0, 0.1) is 0 Å². The SMILES string of the molecule is C=C/C=C\C(=C/C)C(N)CCC(=C)C. The molecule has 0 radical (unpaired) electrons. The van der Waals surface area contributed by atoms with Gasteiger partial charge in [0.05, 0.1) is 0 Å². The third kappa shape index (κ3) is 5.55. The van der Waals surface area contributed by atoms with E-state index in [1.807, 2.05) is 32.1 Å². The lowest BCUT2D eigenvalue weighted by molar-refractivity contribution is 0.696. The van der Waals surface area contributed by atoms with Crippen LogP contribution in [-0.4, -0.2) is 6.04 Å². The molecule has 0 aliphatic heterocycles. The zero-order chi connectivity index (χ0) is 11.0. The van der Waals surface area contributed by atoms with Crippen LogP contribution in [-0.2, 0) is 0 Å². The Hall–Kier alpha value is -1.08. The minimum absolute atomic E-state index is 0.105. The van der Waals surface area contributed by atoms with Gasteiger partial charge in [0.25, 0.3) is 0 Å². The van der Waals surface area contributed by atoms with Crippen LogP contribution in [0.2, 0.25) is 0 Å². The topological polar surface area (TPSA) is 26.0 Å². The van der Waals surface area contributed by atoms with Gasteiger partial charge in [-0.1, -0.05) is 36.5 Å². The van der Waals surface area contributed by atoms with Gasteiger partial charge in [0, 0.05) is 6.04 Å². The summed E-state index contributed by atoms with van der Waals surface area (Å²) in [5.41, 5.74) is 8.36. The third-order valence-corrected chi connectivity index (χ3v) is 2.07. The molecule has 1 unspecified atom stereocenters. The van der Waals surface area contributed by atoms with E-state index in [2.05, 4.69) is 13.2 Å². The highest BCUT2D eigenvalue weighted by Gasteiger charge is 2.04. The van der Waals surface area contributed by atoms with Gasteiger partial charge < -0.3 is 5.73 Å². The molecule has 0 aromatic heterocycles. The van der Waals surface area contributed by atoms with Gasteiger partial charge in [-0.05, 0) is 32.3 Å². The van der Waals surface area contributed by atoms with E-state index in [9.17, 15) is 0 Å². The lowest BCUT2D eigenvalue weighted by atomic mass is 10.0. The molecule has 2 N–H and O–H groups in total. The number of hydrogen-bond donors (Lipinski definition) is 1. The fourth-order valence-electron chi connectivity index (χ4n) is 1.18. The second kappa shape index (κ2) is 7.34. The molecule has 0 rings (SSSR count). The molecular formula is C13H21N. The third-order valence-electron chi connectivity index (χ3n) is 2.07. The monoisotopic (exact) mass is 191 g/mol. The zero-order valence-corrected chi connectivity index (χ0v) is 9.29. The van der Waals surface area contributed by atoms with Gasteiger partial charge in [0.1, 0.15) is 0 Å². The van der Waals surface area contributed by atoms with Crippen molar-refractivity contribution in [3.8, 4) is 0 Å². The van der Waals surface area contributed by atoms with E-state index in [-0.39, 0.29) is 6.04 Å². The van der Waals surface area contributed by atoms with Crippen molar-refractivity contribution < 1.29 is 0 Å². The van der Waals surface area contributed by atoms with Crippen LogP contribution in [0.3, 0.4) is 0 Å². The molecule has 14 heavy (non-hydrogen) atoms. The Balaban J connectivity index is 4.18. The first-order valence-corrected chi connectivity index (χ1v) is 4.97. The van der Waals surface area contributed by atoms with Crippen molar-refractivity contribution in [2.24, 2.45) is 5.73 Å². The number of rotatable bonds is 6. The van der Waals surface area contributed by atoms with E-state index in [1.54, 1.807) is 6.08 Å². The number of nitrogens with two attached hydrogens (primary N) is 1. The van der Waals surface area contributed by atoms with Crippen LogP contribution >= 0.6 is 0 Å². The quantitative estimate of drug-likeness (QED) is 0.505. The smallest absolute Gasteiger partial charge is 0.0294 e. The largest absolute Gasteiger partial charge is 0.324 e. The maximum absolute atomic E-state index is 6.02. The molecule has 0 heterocycles. The molecule has 1 nitrogen and oxygen atoms in total. The summed E-state index contributed by atoms with van der Waals surface area (Å²) < 4.78 is 0. The summed E-state index contributed by atoms with van der Waals surface area (Å²) in [4.78, 5) is 0. The second-order valence-corrected chi connectivity index (χ2v) is 3.49. The summed E-state index contributed by atoms with van der Waals surface area (Å²) in [6, 6.07) is 0.105. The van der Waals surface area contributed by atoms with Gasteiger partial charge in [-0.2, -0.15) is 0 Å². The Kier molecular flexibility index (Phi) is 6.77. The number of hydrogen-bond acceptors (Lipinski definition) is 1. The molecule has 0 amide bonds. The highest BCUT2D eigenvalue weighted by Crippen LogP contribution is 2.11. The molecule has 0 aliphatic rings. The Bertz CT molecular complexity index is 246. The standard InChI is InChI=1S/C13H21N/c1-5-7-8-12(6-2)13(14)10-9-11(3)4/h5-8,13H,1,3,9-10,14H2,2,4H3/b8-7-,12-6+. The van der Waals surface area contributed by atoms with E-state index in [4.69, 9.17) is 5.73 Å². The van der Waals surface area contributed by atoms with Gasteiger partial charge in [0.15, 0.2) is 0 Å². The zero-order valence-electron chi connectivity index (χ0n) is 9.29. The molecule has 1 atom stereocenters. The van der Waals surface area contributed by atoms with Crippen LogP contribution in [0.5, 0.6) is 0 Å². The highest BCUT2D eigenvalue weighted by atomic mass is 14.6. The summed E-state index contributed by atoms with van der Waals surface area (Å²) in [7, 11) is 0. The van der Waals surface area contributed by atoms with Crippen LogP contribution < -0.4 is 5.73 Å². The minimum Gasteiger partial charge on any atom is -0.324 e. The Labute approximate surface area is 87.7 Å². The minimum atomic E-state index is 0.105. The van der Waals surface area contributed by atoms with Crippen LogP contribution in [0.15, 0.2) is 48.6 Å². The van der Waals surface area contributed by atoms with Crippen molar-refractivity contribution in [1.82, 2.24) is 0 Å². The lowest BCUT2D eigenvalue weighted by Crippen LogP contribution is -2.21. The van der Waals surface area contributed by atoms with Gasteiger partial charge in [-0.25, -0.2) is 0 Å². The van der Waals surface area contributed by atoms with Crippen molar-refractivity contribution in [2.75, 3.05) is 0 Å². The van der Waals surface area contributed by atoms with Gasteiger partial charge in [0.2, 0.25) is 0 Å². The predicted molar refractivity (Wildman–Crippen MR) is 65.1 cm³/mol. The molecule has 1 heteroatoms. The summed E-state index contributed by atoms with van der Waals surface area (Å²) in [5.74, 6) is 0. The Morgan fingerprint density at radius 2 is 2.14 bits per heavy atom. The van der Waals surface area contributed by atoms with Crippen LogP contribution in [0.4, 0.5) is 0 Å². The van der Waals surface area contributed by atoms with E-state index in [1.165, 1.54) is 5.57 Å². The molecule has 0 saturated carbocycles. The molecule has 0 aromatic rings. The van der Waals surface area contributed by atoms with Crippen molar-refractivity contribution in [3.05, 3.63) is 48.6 Å². The van der Waals surface area contributed by atoms with E-state index >= 15 is 0 Å². The lowest BCUT2D eigenvalue weighted by Gasteiger charge is -2.12. The van der Waals surface area contributed by atoms with Crippen molar-refractivity contribution in [2.45, 2.75) is 32.7 Å². The Morgan fingerprint density at radius 1 is 1.50 bits per heavy atom. The van der Waals surface area contributed by atoms with Crippen molar-refractivity contribution in [1.29, 1.82) is 0 Å². The van der Waals surface area contributed by atoms with Crippen LogP contribution in [0.1, 0.15) is 26.7 Å². The average molecular weight is 191 g/mol. The first-order chi connectivity index (χ1) is 6.61. The first-order valence-electron chi connectivity index (χ1n) is 4.97. The maximum Gasteiger partial charge on any atom is 0.0294 e. The Morgan fingerprint density at radius 3 is 2.57 bits per heavy atom. The van der Waals surface area contributed by atoms with Crippen LogP contribution in [0.25, 0.3) is 0 Å². The van der Waals surface area contributed by atoms with Gasteiger partial charge in [-0.15, -0.1) is 6.58 Å². The van der Waals surface area contributed by atoms with Gasteiger partial charge in [-0.3, -0.25) is 0 Å². The summed E-state index contributed by atoms with van der Waals surface area (Å²) in [5, 5.41) is 0. The summed E-state index contributed by atoms with van der Waals surface area (Å²) >= 11 is 0.